The number of hydrogen-bond acceptors (Lipinski definition) is 2. The van der Waals surface area contributed by atoms with Gasteiger partial charge in [0.05, 0.1) is 0 Å². The molecule has 0 radical (unpaired) electrons. The zero-order valence-corrected chi connectivity index (χ0v) is 18.9. The van der Waals surface area contributed by atoms with Gasteiger partial charge >= 0.3 is 6.03 Å². The van der Waals surface area contributed by atoms with Gasteiger partial charge in [0.2, 0.25) is 0 Å². The number of hydrogen-bond donors (Lipinski definition) is 1. The standard InChI is InChI=1S/C27H35N3O/c1-19-15-22-11-14-29-18-23-9-6-13-30(25(23)17-26(29)24(22)16-20(19)2)27(31)28-12-10-21-7-4-3-5-8-21/h3-5,7-8,15-16,23,25-26H,6,9-14,17-18H2,1-2H3,(H,28,31)/t23-,25+,26+/m1/s1. The van der Waals surface area contributed by atoms with E-state index in [9.17, 15) is 4.79 Å². The largest absolute Gasteiger partial charge is 0.338 e. The predicted octanol–water partition coefficient (Wildman–Crippen LogP) is 4.64. The van der Waals surface area contributed by atoms with Gasteiger partial charge in [0.25, 0.3) is 0 Å². The Morgan fingerprint density at radius 2 is 1.90 bits per heavy atom. The van der Waals surface area contributed by atoms with Crippen LogP contribution in [0.3, 0.4) is 0 Å². The summed E-state index contributed by atoms with van der Waals surface area (Å²) in [7, 11) is 0. The predicted molar refractivity (Wildman–Crippen MR) is 125 cm³/mol. The highest BCUT2D eigenvalue weighted by molar-refractivity contribution is 5.74. The molecular formula is C27H35N3O. The molecule has 31 heavy (non-hydrogen) atoms. The van der Waals surface area contributed by atoms with E-state index < -0.39 is 0 Å². The fraction of sp³-hybridized carbons (Fsp3) is 0.519. The Balaban J connectivity index is 1.29. The molecule has 2 aromatic carbocycles. The van der Waals surface area contributed by atoms with Crippen LogP contribution in [-0.4, -0.2) is 48.1 Å². The minimum absolute atomic E-state index is 0.134. The molecule has 2 aromatic rings. The first kappa shape index (κ1) is 20.6. The minimum atomic E-state index is 0.134. The zero-order valence-electron chi connectivity index (χ0n) is 18.9. The Morgan fingerprint density at radius 3 is 2.74 bits per heavy atom. The molecule has 0 unspecified atom stereocenters. The number of nitrogens with one attached hydrogen (secondary N) is 1. The lowest BCUT2D eigenvalue weighted by molar-refractivity contribution is 0.00576. The van der Waals surface area contributed by atoms with Gasteiger partial charge in [-0.1, -0.05) is 42.5 Å². The molecule has 164 valence electrons. The van der Waals surface area contributed by atoms with Crippen molar-refractivity contribution in [2.45, 2.75) is 58.0 Å². The number of nitrogens with zero attached hydrogens (tertiary/aromatic N) is 2. The van der Waals surface area contributed by atoms with Crippen molar-refractivity contribution >= 4 is 6.03 Å². The van der Waals surface area contributed by atoms with Gasteiger partial charge < -0.3 is 10.2 Å². The molecule has 3 aliphatic heterocycles. The van der Waals surface area contributed by atoms with E-state index in [1.807, 2.05) is 6.07 Å². The lowest BCUT2D eigenvalue weighted by atomic mass is 9.76. The summed E-state index contributed by atoms with van der Waals surface area (Å²) < 4.78 is 0. The van der Waals surface area contributed by atoms with Crippen molar-refractivity contribution in [1.29, 1.82) is 0 Å². The quantitative estimate of drug-likeness (QED) is 0.790. The van der Waals surface area contributed by atoms with Crippen LogP contribution in [0.25, 0.3) is 0 Å². The Kier molecular flexibility index (Phi) is 5.75. The molecule has 0 aromatic heterocycles. The van der Waals surface area contributed by atoms with Gasteiger partial charge in [0.15, 0.2) is 0 Å². The number of likely N-dealkylation sites (tertiary alicyclic amines) is 1. The Labute approximate surface area is 186 Å². The first-order valence-corrected chi connectivity index (χ1v) is 12.0. The smallest absolute Gasteiger partial charge is 0.317 e. The molecule has 2 saturated heterocycles. The maximum Gasteiger partial charge on any atom is 0.317 e. The second-order valence-corrected chi connectivity index (χ2v) is 9.76. The number of urea groups is 1. The third kappa shape index (κ3) is 4.10. The summed E-state index contributed by atoms with van der Waals surface area (Å²) in [4.78, 5) is 18.0. The van der Waals surface area contributed by atoms with Crippen molar-refractivity contribution < 1.29 is 4.79 Å². The van der Waals surface area contributed by atoms with Gasteiger partial charge in [-0.15, -0.1) is 0 Å². The maximum absolute atomic E-state index is 13.1. The molecule has 3 heterocycles. The van der Waals surface area contributed by atoms with Gasteiger partial charge in [-0.25, -0.2) is 4.79 Å². The van der Waals surface area contributed by atoms with E-state index in [0.717, 1.165) is 45.3 Å². The second kappa shape index (κ2) is 8.66. The van der Waals surface area contributed by atoms with Crippen LogP contribution in [0.15, 0.2) is 42.5 Å². The highest BCUT2D eigenvalue weighted by Gasteiger charge is 2.43. The third-order valence-corrected chi connectivity index (χ3v) is 7.87. The van der Waals surface area contributed by atoms with Gasteiger partial charge in [-0.05, 0) is 79.7 Å². The number of carbonyl (C=O) groups excluding carboxylic acids is 1. The van der Waals surface area contributed by atoms with Gasteiger partial charge in [-0.3, -0.25) is 4.90 Å². The molecule has 0 aliphatic carbocycles. The van der Waals surface area contributed by atoms with Crippen LogP contribution in [0.5, 0.6) is 0 Å². The van der Waals surface area contributed by atoms with E-state index in [4.69, 9.17) is 0 Å². The average Bonchev–Trinajstić information content (AvgIpc) is 2.79. The van der Waals surface area contributed by atoms with E-state index in [0.29, 0.717) is 24.5 Å². The number of fused-ring (bicyclic) bond motifs is 4. The van der Waals surface area contributed by atoms with Crippen LogP contribution in [-0.2, 0) is 12.8 Å². The van der Waals surface area contributed by atoms with Crippen molar-refractivity contribution in [3.05, 3.63) is 70.3 Å². The molecule has 0 bridgehead atoms. The molecule has 3 aliphatic rings. The van der Waals surface area contributed by atoms with Crippen molar-refractivity contribution in [3.8, 4) is 0 Å². The van der Waals surface area contributed by atoms with Gasteiger partial charge in [-0.2, -0.15) is 0 Å². The summed E-state index contributed by atoms with van der Waals surface area (Å²) in [5.74, 6) is 0.609. The van der Waals surface area contributed by atoms with Crippen molar-refractivity contribution in [3.63, 3.8) is 0 Å². The topological polar surface area (TPSA) is 35.6 Å². The number of benzene rings is 2. The van der Waals surface area contributed by atoms with Crippen LogP contribution in [0.4, 0.5) is 4.79 Å². The molecule has 4 nitrogen and oxygen atoms in total. The van der Waals surface area contributed by atoms with Crippen LogP contribution >= 0.6 is 0 Å². The summed E-state index contributed by atoms with van der Waals surface area (Å²) in [6, 6.07) is 16.2. The molecule has 0 spiro atoms. The zero-order chi connectivity index (χ0) is 21.4. The summed E-state index contributed by atoms with van der Waals surface area (Å²) in [6.07, 6.45) is 5.50. The highest BCUT2D eigenvalue weighted by Crippen LogP contribution is 2.43. The number of carbonyl (C=O) groups is 1. The fourth-order valence-corrected chi connectivity index (χ4v) is 6.05. The lowest BCUT2D eigenvalue weighted by Gasteiger charge is -2.52. The number of amides is 2. The molecule has 2 amide bonds. The van der Waals surface area contributed by atoms with Crippen LogP contribution in [0.2, 0.25) is 0 Å². The monoisotopic (exact) mass is 417 g/mol. The Morgan fingerprint density at radius 1 is 1.10 bits per heavy atom. The maximum atomic E-state index is 13.1. The van der Waals surface area contributed by atoms with E-state index in [1.54, 1.807) is 0 Å². The number of rotatable bonds is 3. The van der Waals surface area contributed by atoms with Crippen molar-refractivity contribution in [1.82, 2.24) is 15.1 Å². The number of piperidine rings is 2. The second-order valence-electron chi connectivity index (χ2n) is 9.76. The summed E-state index contributed by atoms with van der Waals surface area (Å²) in [5.41, 5.74) is 7.11. The molecular weight excluding hydrogens is 382 g/mol. The summed E-state index contributed by atoms with van der Waals surface area (Å²) in [5, 5.41) is 3.22. The Bertz CT molecular complexity index is 941. The van der Waals surface area contributed by atoms with Crippen LogP contribution < -0.4 is 5.32 Å². The minimum Gasteiger partial charge on any atom is -0.338 e. The van der Waals surface area contributed by atoms with Gasteiger partial charge in [0, 0.05) is 38.3 Å². The average molecular weight is 418 g/mol. The van der Waals surface area contributed by atoms with E-state index in [1.165, 1.54) is 34.2 Å². The molecule has 1 N–H and O–H groups in total. The molecule has 5 rings (SSSR count). The first-order chi connectivity index (χ1) is 15.1. The normalized spacial score (nSPS) is 25.4. The molecule has 0 saturated carbocycles. The number of aryl methyl sites for hydroxylation is 2. The van der Waals surface area contributed by atoms with E-state index in [2.05, 4.69) is 65.4 Å². The molecule has 3 atom stereocenters. The van der Waals surface area contributed by atoms with Crippen molar-refractivity contribution in [2.24, 2.45) is 5.92 Å². The first-order valence-electron chi connectivity index (χ1n) is 12.0. The Hall–Kier alpha value is -2.33. The fourth-order valence-electron chi connectivity index (χ4n) is 6.05. The SMILES string of the molecule is Cc1cc2c(cc1C)[C@@H]1C[C@H]3[C@H](CCCN3C(=O)NCCc3ccccc3)CN1CC2. The van der Waals surface area contributed by atoms with E-state index >= 15 is 0 Å². The molecule has 4 heteroatoms. The van der Waals surface area contributed by atoms with Crippen LogP contribution in [0, 0.1) is 19.8 Å². The van der Waals surface area contributed by atoms with Gasteiger partial charge in [0.1, 0.15) is 0 Å². The molecule has 2 fully saturated rings. The van der Waals surface area contributed by atoms with Crippen LogP contribution in [0.1, 0.15) is 53.1 Å². The lowest BCUT2D eigenvalue weighted by Crippen LogP contribution is -2.59. The van der Waals surface area contributed by atoms with E-state index in [-0.39, 0.29) is 6.03 Å². The highest BCUT2D eigenvalue weighted by atomic mass is 16.2. The third-order valence-electron chi connectivity index (χ3n) is 7.87. The van der Waals surface area contributed by atoms with Crippen molar-refractivity contribution in [2.75, 3.05) is 26.2 Å². The summed E-state index contributed by atoms with van der Waals surface area (Å²) >= 11 is 0. The summed E-state index contributed by atoms with van der Waals surface area (Å²) in [6.45, 7) is 8.34.